The van der Waals surface area contributed by atoms with Crippen LogP contribution in [-0.4, -0.2) is 62.8 Å². The summed E-state index contributed by atoms with van der Waals surface area (Å²) >= 11 is 0. The summed E-state index contributed by atoms with van der Waals surface area (Å²) in [6, 6.07) is 0. The van der Waals surface area contributed by atoms with Crippen molar-refractivity contribution >= 4 is 29.9 Å². The minimum atomic E-state index is 0. The van der Waals surface area contributed by atoms with Crippen molar-refractivity contribution in [2.75, 3.05) is 45.9 Å². The maximum Gasteiger partial charge on any atom is 0.191 e. The minimum Gasteiger partial charge on any atom is -0.374 e. The average Bonchev–Trinajstić information content (AvgIpc) is 2.41. The molecule has 1 fully saturated rings. The van der Waals surface area contributed by atoms with Gasteiger partial charge in [0.05, 0.1) is 19.3 Å². The first-order chi connectivity index (χ1) is 9.65. The smallest absolute Gasteiger partial charge is 0.191 e. The highest BCUT2D eigenvalue weighted by molar-refractivity contribution is 14.0. The van der Waals surface area contributed by atoms with Crippen molar-refractivity contribution in [1.29, 1.82) is 0 Å². The molecule has 0 spiro atoms. The molecule has 1 saturated heterocycles. The van der Waals surface area contributed by atoms with Crippen LogP contribution in [0.1, 0.15) is 20.8 Å². The second-order valence-corrected chi connectivity index (χ2v) is 5.54. The van der Waals surface area contributed by atoms with Crippen LogP contribution in [-0.2, 0) is 4.74 Å². The summed E-state index contributed by atoms with van der Waals surface area (Å²) in [5, 5.41) is 6.43. The molecular weight excluding hydrogens is 379 g/mol. The van der Waals surface area contributed by atoms with Gasteiger partial charge in [0.15, 0.2) is 5.96 Å². The number of hydrogen-bond acceptors (Lipinski definition) is 3. The second kappa shape index (κ2) is 12.2. The van der Waals surface area contributed by atoms with E-state index < -0.39 is 0 Å². The van der Waals surface area contributed by atoms with E-state index in [1.165, 1.54) is 0 Å². The molecule has 6 heteroatoms. The molecule has 124 valence electrons. The van der Waals surface area contributed by atoms with Crippen molar-refractivity contribution in [3.05, 3.63) is 12.7 Å². The highest BCUT2D eigenvalue weighted by atomic mass is 127. The number of nitrogens with zero attached hydrogens (tertiary/aromatic N) is 2. The van der Waals surface area contributed by atoms with Gasteiger partial charge in [0.2, 0.25) is 0 Å². The van der Waals surface area contributed by atoms with Gasteiger partial charge in [-0.25, -0.2) is 0 Å². The molecule has 0 bridgehead atoms. The third-order valence-electron chi connectivity index (χ3n) is 3.06. The van der Waals surface area contributed by atoms with Crippen molar-refractivity contribution in [2.24, 2.45) is 10.9 Å². The van der Waals surface area contributed by atoms with Crippen LogP contribution < -0.4 is 10.6 Å². The Labute approximate surface area is 146 Å². The van der Waals surface area contributed by atoms with Crippen molar-refractivity contribution in [1.82, 2.24) is 15.5 Å². The lowest BCUT2D eigenvalue weighted by molar-refractivity contribution is -0.0261. The summed E-state index contributed by atoms with van der Waals surface area (Å²) in [6.45, 7) is 16.5. The van der Waals surface area contributed by atoms with E-state index in [0.29, 0.717) is 12.5 Å². The molecule has 0 aromatic carbocycles. The van der Waals surface area contributed by atoms with E-state index in [2.05, 4.69) is 47.9 Å². The van der Waals surface area contributed by atoms with E-state index in [9.17, 15) is 0 Å². The van der Waals surface area contributed by atoms with Gasteiger partial charge >= 0.3 is 0 Å². The number of ether oxygens (including phenoxy) is 1. The average molecular weight is 410 g/mol. The summed E-state index contributed by atoms with van der Waals surface area (Å²) in [7, 11) is 0. The predicted octanol–water partition coefficient (Wildman–Crippen LogP) is 1.70. The molecule has 0 radical (unpaired) electrons. The molecular formula is C15H31IN4O. The molecule has 1 heterocycles. The van der Waals surface area contributed by atoms with Gasteiger partial charge in [-0.15, -0.1) is 30.6 Å². The van der Waals surface area contributed by atoms with Crippen LogP contribution in [0.2, 0.25) is 0 Å². The van der Waals surface area contributed by atoms with Gasteiger partial charge in [-0.3, -0.25) is 9.89 Å². The zero-order valence-electron chi connectivity index (χ0n) is 13.6. The van der Waals surface area contributed by atoms with Gasteiger partial charge in [0.1, 0.15) is 0 Å². The highest BCUT2D eigenvalue weighted by Crippen LogP contribution is 2.08. The SMILES string of the molecule is C=CCNC(=NCC1CN(CC(C)C)CCO1)NCC.I. The Morgan fingerprint density at radius 1 is 1.48 bits per heavy atom. The Morgan fingerprint density at radius 3 is 2.86 bits per heavy atom. The Bertz CT molecular complexity index is 310. The largest absolute Gasteiger partial charge is 0.374 e. The van der Waals surface area contributed by atoms with Gasteiger partial charge in [-0.05, 0) is 12.8 Å². The van der Waals surface area contributed by atoms with E-state index in [-0.39, 0.29) is 30.1 Å². The van der Waals surface area contributed by atoms with E-state index in [0.717, 1.165) is 45.3 Å². The number of halogens is 1. The number of guanidine groups is 1. The fourth-order valence-corrected chi connectivity index (χ4v) is 2.28. The number of morpholine rings is 1. The van der Waals surface area contributed by atoms with Crippen molar-refractivity contribution in [2.45, 2.75) is 26.9 Å². The molecule has 0 aromatic heterocycles. The molecule has 1 atom stereocenters. The monoisotopic (exact) mass is 410 g/mol. The molecule has 0 aliphatic carbocycles. The Balaban J connectivity index is 0.00000400. The van der Waals surface area contributed by atoms with Gasteiger partial charge in [0.25, 0.3) is 0 Å². The third kappa shape index (κ3) is 9.31. The van der Waals surface area contributed by atoms with E-state index in [1.807, 2.05) is 6.08 Å². The first-order valence-corrected chi connectivity index (χ1v) is 7.62. The summed E-state index contributed by atoms with van der Waals surface area (Å²) < 4.78 is 5.80. The standard InChI is InChI=1S/C15H30N4O.HI/c1-5-7-17-15(16-6-2)18-10-14-12-19(8-9-20-14)11-13(3)4;/h5,13-14H,1,6-12H2,2-4H3,(H2,16,17,18);1H. The highest BCUT2D eigenvalue weighted by Gasteiger charge is 2.20. The van der Waals surface area contributed by atoms with Crippen molar-refractivity contribution in [3.8, 4) is 0 Å². The molecule has 1 aliphatic heterocycles. The molecule has 1 unspecified atom stereocenters. The molecule has 1 aliphatic rings. The topological polar surface area (TPSA) is 48.9 Å². The Hall–Kier alpha value is -0.340. The van der Waals surface area contributed by atoms with Crippen LogP contribution in [0.15, 0.2) is 17.6 Å². The fourth-order valence-electron chi connectivity index (χ4n) is 2.28. The maximum absolute atomic E-state index is 5.80. The van der Waals surface area contributed by atoms with Crippen molar-refractivity contribution < 1.29 is 4.74 Å². The lowest BCUT2D eigenvalue weighted by Crippen LogP contribution is -2.46. The third-order valence-corrected chi connectivity index (χ3v) is 3.06. The number of nitrogens with one attached hydrogen (secondary N) is 2. The quantitative estimate of drug-likeness (QED) is 0.290. The van der Waals surface area contributed by atoms with E-state index in [1.54, 1.807) is 0 Å². The summed E-state index contributed by atoms with van der Waals surface area (Å²) in [6.07, 6.45) is 2.02. The van der Waals surface area contributed by atoms with Crippen LogP contribution >= 0.6 is 24.0 Å². The van der Waals surface area contributed by atoms with Crippen LogP contribution in [0.5, 0.6) is 0 Å². The molecule has 5 nitrogen and oxygen atoms in total. The molecule has 0 amide bonds. The van der Waals surface area contributed by atoms with Crippen LogP contribution in [0.25, 0.3) is 0 Å². The molecule has 0 saturated carbocycles. The number of aliphatic imine (C=N–C) groups is 1. The second-order valence-electron chi connectivity index (χ2n) is 5.54. The van der Waals surface area contributed by atoms with Crippen LogP contribution in [0.3, 0.4) is 0 Å². The summed E-state index contributed by atoms with van der Waals surface area (Å²) in [5.74, 6) is 1.53. The van der Waals surface area contributed by atoms with Crippen LogP contribution in [0, 0.1) is 5.92 Å². The normalized spacial score (nSPS) is 20.0. The lowest BCUT2D eigenvalue weighted by Gasteiger charge is -2.33. The van der Waals surface area contributed by atoms with Crippen LogP contribution in [0.4, 0.5) is 0 Å². The van der Waals surface area contributed by atoms with Crippen molar-refractivity contribution in [3.63, 3.8) is 0 Å². The number of rotatable bonds is 7. The predicted molar refractivity (Wildman–Crippen MR) is 101 cm³/mol. The Kier molecular flexibility index (Phi) is 12.0. The van der Waals surface area contributed by atoms with Gasteiger partial charge in [-0.2, -0.15) is 0 Å². The molecule has 0 aromatic rings. The Morgan fingerprint density at radius 2 is 2.24 bits per heavy atom. The van der Waals surface area contributed by atoms with E-state index >= 15 is 0 Å². The summed E-state index contributed by atoms with van der Waals surface area (Å²) in [5.41, 5.74) is 0. The zero-order valence-corrected chi connectivity index (χ0v) is 15.9. The maximum atomic E-state index is 5.80. The van der Waals surface area contributed by atoms with E-state index in [4.69, 9.17) is 4.74 Å². The zero-order chi connectivity index (χ0) is 14.8. The first kappa shape index (κ1) is 20.7. The van der Waals surface area contributed by atoms with Gasteiger partial charge < -0.3 is 15.4 Å². The van der Waals surface area contributed by atoms with Gasteiger partial charge in [-0.1, -0.05) is 19.9 Å². The summed E-state index contributed by atoms with van der Waals surface area (Å²) in [4.78, 5) is 7.05. The molecule has 1 rings (SSSR count). The lowest BCUT2D eigenvalue weighted by atomic mass is 10.2. The fraction of sp³-hybridized carbons (Fsp3) is 0.800. The molecule has 21 heavy (non-hydrogen) atoms. The first-order valence-electron chi connectivity index (χ1n) is 7.62. The molecule has 2 N–H and O–H groups in total. The van der Waals surface area contributed by atoms with Gasteiger partial charge in [0, 0.05) is 32.7 Å². The number of hydrogen-bond donors (Lipinski definition) is 2. The minimum absolute atomic E-state index is 0.